The van der Waals surface area contributed by atoms with Crippen LogP contribution < -0.4 is 0 Å². The Bertz CT molecular complexity index is 412. The minimum Gasteiger partial charge on any atom is -0.303 e. The lowest BCUT2D eigenvalue weighted by molar-refractivity contribution is 0.116. The Morgan fingerprint density at radius 3 is 2.33 bits per heavy atom. The van der Waals surface area contributed by atoms with Gasteiger partial charge in [0.05, 0.1) is 0 Å². The molecule has 3 nitrogen and oxygen atoms in total. The van der Waals surface area contributed by atoms with E-state index in [2.05, 4.69) is 40.7 Å². The van der Waals surface area contributed by atoms with Crippen molar-refractivity contribution in [2.75, 3.05) is 52.4 Å². The molecular weight excluding hydrogens is 282 g/mol. The lowest BCUT2D eigenvalue weighted by atomic mass is 10.2. The van der Waals surface area contributed by atoms with E-state index >= 15 is 0 Å². The Morgan fingerprint density at radius 1 is 1.05 bits per heavy atom. The van der Waals surface area contributed by atoms with Gasteiger partial charge in [0.1, 0.15) is 0 Å². The van der Waals surface area contributed by atoms with Crippen LogP contribution in [0.5, 0.6) is 0 Å². The number of rotatable bonds is 7. The van der Waals surface area contributed by atoms with Gasteiger partial charge in [0.2, 0.25) is 0 Å². The Balaban J connectivity index is 1.71. The summed E-state index contributed by atoms with van der Waals surface area (Å²) in [6.45, 7) is 14.9. The van der Waals surface area contributed by atoms with Crippen molar-refractivity contribution < 1.29 is 0 Å². The molecular formula is C17H28ClN3. The van der Waals surface area contributed by atoms with Gasteiger partial charge in [-0.05, 0) is 30.8 Å². The summed E-state index contributed by atoms with van der Waals surface area (Å²) in [5, 5.41) is 0.838. The van der Waals surface area contributed by atoms with Gasteiger partial charge in [0.25, 0.3) is 0 Å². The molecule has 0 aromatic heterocycles. The lowest BCUT2D eigenvalue weighted by Crippen LogP contribution is -2.48. The van der Waals surface area contributed by atoms with Crippen LogP contribution in [0, 0.1) is 0 Å². The monoisotopic (exact) mass is 309 g/mol. The van der Waals surface area contributed by atoms with E-state index in [9.17, 15) is 0 Å². The number of hydrogen-bond acceptors (Lipinski definition) is 3. The second-order valence-electron chi connectivity index (χ2n) is 5.77. The van der Waals surface area contributed by atoms with Crippen LogP contribution >= 0.6 is 11.6 Å². The third-order valence-electron chi connectivity index (χ3n) is 4.39. The summed E-state index contributed by atoms with van der Waals surface area (Å²) in [5.74, 6) is 0. The third-order valence-corrected chi connectivity index (χ3v) is 4.62. The van der Waals surface area contributed by atoms with Crippen molar-refractivity contribution in [1.82, 2.24) is 14.7 Å². The molecule has 0 atom stereocenters. The highest BCUT2D eigenvalue weighted by atomic mass is 35.5. The molecule has 21 heavy (non-hydrogen) atoms. The fourth-order valence-corrected chi connectivity index (χ4v) is 3.10. The SMILES string of the molecule is CCN(CC)CCN1CCN(Cc2cccc(Cl)c2)CC1. The smallest absolute Gasteiger partial charge is 0.0409 e. The molecule has 2 rings (SSSR count). The molecule has 4 heteroatoms. The van der Waals surface area contributed by atoms with Crippen LogP contribution in [0.2, 0.25) is 5.02 Å². The fourth-order valence-electron chi connectivity index (χ4n) is 2.89. The van der Waals surface area contributed by atoms with Crippen molar-refractivity contribution >= 4 is 11.6 Å². The van der Waals surface area contributed by atoms with E-state index in [4.69, 9.17) is 11.6 Å². The van der Waals surface area contributed by atoms with Crippen LogP contribution in [-0.4, -0.2) is 67.1 Å². The zero-order valence-electron chi connectivity index (χ0n) is 13.4. The Labute approximate surface area is 134 Å². The van der Waals surface area contributed by atoms with E-state index < -0.39 is 0 Å². The summed E-state index contributed by atoms with van der Waals surface area (Å²) < 4.78 is 0. The van der Waals surface area contributed by atoms with Crippen LogP contribution in [-0.2, 0) is 6.54 Å². The highest BCUT2D eigenvalue weighted by Gasteiger charge is 2.17. The Morgan fingerprint density at radius 2 is 1.71 bits per heavy atom. The second-order valence-corrected chi connectivity index (χ2v) is 6.21. The minimum atomic E-state index is 0.838. The molecule has 1 aromatic rings. The second kappa shape index (κ2) is 8.74. The van der Waals surface area contributed by atoms with Gasteiger partial charge < -0.3 is 4.90 Å². The summed E-state index contributed by atoms with van der Waals surface area (Å²) in [5.41, 5.74) is 1.32. The molecule has 0 spiro atoms. The molecule has 0 unspecified atom stereocenters. The average Bonchev–Trinajstić information content (AvgIpc) is 2.50. The summed E-state index contributed by atoms with van der Waals surface area (Å²) >= 11 is 6.05. The number of nitrogens with zero attached hydrogens (tertiary/aromatic N) is 3. The average molecular weight is 310 g/mol. The highest BCUT2D eigenvalue weighted by Crippen LogP contribution is 2.13. The zero-order chi connectivity index (χ0) is 15.1. The molecule has 1 aromatic carbocycles. The molecule has 0 radical (unpaired) electrons. The molecule has 1 fully saturated rings. The van der Waals surface area contributed by atoms with Gasteiger partial charge in [0, 0.05) is 50.8 Å². The van der Waals surface area contributed by atoms with Gasteiger partial charge in [-0.25, -0.2) is 0 Å². The minimum absolute atomic E-state index is 0.838. The van der Waals surface area contributed by atoms with Gasteiger partial charge in [-0.2, -0.15) is 0 Å². The quantitative estimate of drug-likeness (QED) is 0.767. The number of benzene rings is 1. The molecule has 118 valence electrons. The van der Waals surface area contributed by atoms with Gasteiger partial charge in [0.15, 0.2) is 0 Å². The molecule has 0 amide bonds. The van der Waals surface area contributed by atoms with E-state index in [1.807, 2.05) is 12.1 Å². The molecule has 0 saturated carbocycles. The predicted octanol–water partition coefficient (Wildman–Crippen LogP) is 2.80. The maximum atomic E-state index is 6.05. The van der Waals surface area contributed by atoms with E-state index in [0.29, 0.717) is 0 Å². The summed E-state index contributed by atoms with van der Waals surface area (Å²) in [6.07, 6.45) is 0. The topological polar surface area (TPSA) is 9.72 Å². The molecule has 0 N–H and O–H groups in total. The van der Waals surface area contributed by atoms with E-state index in [1.54, 1.807) is 0 Å². The fraction of sp³-hybridized carbons (Fsp3) is 0.647. The standard InChI is InChI=1S/C17H28ClN3/c1-3-19(4-2)8-9-20-10-12-21(13-11-20)15-16-6-5-7-17(18)14-16/h5-7,14H,3-4,8-13,15H2,1-2H3. The maximum Gasteiger partial charge on any atom is 0.0409 e. The predicted molar refractivity (Wildman–Crippen MR) is 91.0 cm³/mol. The van der Waals surface area contributed by atoms with Crippen molar-refractivity contribution in [2.24, 2.45) is 0 Å². The normalized spacial score (nSPS) is 17.5. The molecule has 1 heterocycles. The lowest BCUT2D eigenvalue weighted by Gasteiger charge is -2.35. The largest absolute Gasteiger partial charge is 0.303 e. The van der Waals surface area contributed by atoms with Gasteiger partial charge in [-0.1, -0.05) is 37.6 Å². The van der Waals surface area contributed by atoms with Gasteiger partial charge in [-0.3, -0.25) is 9.80 Å². The van der Waals surface area contributed by atoms with Crippen LogP contribution in [0.4, 0.5) is 0 Å². The van der Waals surface area contributed by atoms with Crippen molar-refractivity contribution in [2.45, 2.75) is 20.4 Å². The zero-order valence-corrected chi connectivity index (χ0v) is 14.1. The van der Waals surface area contributed by atoms with E-state index in [0.717, 1.165) is 37.7 Å². The Kier molecular flexibility index (Phi) is 6.97. The van der Waals surface area contributed by atoms with Gasteiger partial charge in [-0.15, -0.1) is 0 Å². The molecule has 1 saturated heterocycles. The summed E-state index contributed by atoms with van der Waals surface area (Å²) in [7, 11) is 0. The first-order valence-electron chi connectivity index (χ1n) is 8.12. The van der Waals surface area contributed by atoms with Crippen LogP contribution in [0.1, 0.15) is 19.4 Å². The van der Waals surface area contributed by atoms with E-state index in [1.165, 1.54) is 31.7 Å². The maximum absolute atomic E-state index is 6.05. The van der Waals surface area contributed by atoms with Crippen LogP contribution in [0.3, 0.4) is 0 Å². The summed E-state index contributed by atoms with van der Waals surface area (Å²) in [4.78, 5) is 7.62. The third kappa shape index (κ3) is 5.59. The van der Waals surface area contributed by atoms with Crippen molar-refractivity contribution in [3.63, 3.8) is 0 Å². The van der Waals surface area contributed by atoms with E-state index in [-0.39, 0.29) is 0 Å². The van der Waals surface area contributed by atoms with Crippen LogP contribution in [0.15, 0.2) is 24.3 Å². The molecule has 1 aliphatic rings. The van der Waals surface area contributed by atoms with Gasteiger partial charge >= 0.3 is 0 Å². The van der Waals surface area contributed by atoms with Crippen molar-refractivity contribution in [3.8, 4) is 0 Å². The van der Waals surface area contributed by atoms with Crippen molar-refractivity contribution in [1.29, 1.82) is 0 Å². The highest BCUT2D eigenvalue weighted by molar-refractivity contribution is 6.30. The summed E-state index contributed by atoms with van der Waals surface area (Å²) in [6, 6.07) is 8.22. The first-order valence-corrected chi connectivity index (χ1v) is 8.50. The number of piperazine rings is 1. The number of likely N-dealkylation sites (N-methyl/N-ethyl adjacent to an activating group) is 1. The number of halogens is 1. The van der Waals surface area contributed by atoms with Crippen molar-refractivity contribution in [3.05, 3.63) is 34.9 Å². The molecule has 0 bridgehead atoms. The first kappa shape index (κ1) is 16.8. The Hall–Kier alpha value is -0.610. The first-order chi connectivity index (χ1) is 10.2. The molecule has 1 aliphatic heterocycles. The number of hydrogen-bond donors (Lipinski definition) is 0. The molecule has 0 aliphatic carbocycles. The van der Waals surface area contributed by atoms with Crippen LogP contribution in [0.25, 0.3) is 0 Å².